The van der Waals surface area contributed by atoms with Crippen molar-refractivity contribution in [2.24, 2.45) is 0 Å². The Morgan fingerprint density at radius 3 is 2.47 bits per heavy atom. The van der Waals surface area contributed by atoms with Gasteiger partial charge in [-0.3, -0.25) is 14.2 Å². The highest BCUT2D eigenvalue weighted by Crippen LogP contribution is 2.22. The summed E-state index contributed by atoms with van der Waals surface area (Å²) in [5, 5.41) is 15.8. The van der Waals surface area contributed by atoms with Crippen LogP contribution in [0.5, 0.6) is 0 Å². The summed E-state index contributed by atoms with van der Waals surface area (Å²) in [7, 11) is 0. The van der Waals surface area contributed by atoms with Crippen LogP contribution >= 0.6 is 11.6 Å². The molecule has 1 aromatic carbocycles. The zero-order valence-corrected chi connectivity index (χ0v) is 17.6. The van der Waals surface area contributed by atoms with Crippen molar-refractivity contribution in [3.05, 3.63) is 82.5 Å². The number of aliphatic hydroxyl groups excluding tert-OH is 1. The molecule has 3 heterocycles. The van der Waals surface area contributed by atoms with Crippen LogP contribution in [0.15, 0.2) is 71.8 Å². The summed E-state index contributed by atoms with van der Waals surface area (Å²) in [4.78, 5) is 42.7. The number of nitrogens with one attached hydrogen (secondary N) is 2. The van der Waals surface area contributed by atoms with Gasteiger partial charge in [0.15, 0.2) is 0 Å². The molecule has 164 valence electrons. The van der Waals surface area contributed by atoms with Gasteiger partial charge in [-0.25, -0.2) is 9.78 Å². The highest BCUT2D eigenvalue weighted by atomic mass is 35.5. The average Bonchev–Trinajstić information content (AvgIpc) is 3.18. The van der Waals surface area contributed by atoms with Gasteiger partial charge in [0.1, 0.15) is 11.2 Å². The molecule has 0 spiro atoms. The molecule has 0 saturated carbocycles. The molecule has 0 radical (unpaired) electrons. The van der Waals surface area contributed by atoms with Gasteiger partial charge in [-0.15, -0.1) is 0 Å². The quantitative estimate of drug-likeness (QED) is 0.525. The largest absolute Gasteiger partial charge is 0.391 e. The van der Waals surface area contributed by atoms with Crippen LogP contribution in [0, 0.1) is 0 Å². The second-order valence-corrected chi connectivity index (χ2v) is 7.69. The zero-order chi connectivity index (χ0) is 22.7. The molecule has 10 heteroatoms. The van der Waals surface area contributed by atoms with Crippen LogP contribution in [0.4, 0.5) is 16.2 Å². The molecule has 1 aliphatic heterocycles. The van der Waals surface area contributed by atoms with Crippen LogP contribution in [-0.2, 0) is 4.79 Å². The fourth-order valence-corrected chi connectivity index (χ4v) is 3.62. The minimum atomic E-state index is -0.846. The Bertz CT molecular complexity index is 1180. The number of halogens is 1. The zero-order valence-electron chi connectivity index (χ0n) is 16.8. The van der Waals surface area contributed by atoms with E-state index in [1.807, 2.05) is 0 Å². The molecule has 9 nitrogen and oxygen atoms in total. The Hall–Kier alpha value is -3.69. The van der Waals surface area contributed by atoms with Gasteiger partial charge in [0, 0.05) is 36.6 Å². The van der Waals surface area contributed by atoms with Gasteiger partial charge < -0.3 is 20.6 Å². The van der Waals surface area contributed by atoms with Gasteiger partial charge in [-0.2, -0.15) is 0 Å². The molecule has 1 aliphatic rings. The third kappa shape index (κ3) is 4.79. The van der Waals surface area contributed by atoms with Crippen LogP contribution in [0.3, 0.4) is 0 Å². The fourth-order valence-electron chi connectivity index (χ4n) is 3.50. The van der Waals surface area contributed by atoms with Crippen LogP contribution in [0.1, 0.15) is 6.42 Å². The van der Waals surface area contributed by atoms with E-state index in [1.54, 1.807) is 48.7 Å². The summed E-state index contributed by atoms with van der Waals surface area (Å²) in [6.45, 7) is 0.0286. The molecule has 0 aliphatic carbocycles. The molecular weight excluding hydrogens is 434 g/mol. The van der Waals surface area contributed by atoms with Crippen molar-refractivity contribution in [3.8, 4) is 5.69 Å². The highest BCUT2D eigenvalue weighted by molar-refractivity contribution is 6.29. The Morgan fingerprint density at radius 2 is 1.78 bits per heavy atom. The molecule has 2 atom stereocenters. The first-order chi connectivity index (χ1) is 15.4. The lowest BCUT2D eigenvalue weighted by Gasteiger charge is -2.24. The number of β-amino-alcohol motifs (C(OH)–C–C–N with tert-alkyl or cyclic N) is 1. The lowest BCUT2D eigenvalue weighted by atomic mass is 10.1. The summed E-state index contributed by atoms with van der Waals surface area (Å²) in [6, 6.07) is 13.4. The van der Waals surface area contributed by atoms with E-state index in [2.05, 4.69) is 15.6 Å². The number of carbonyl (C=O) groups excluding carboxylic acids is 2. The van der Waals surface area contributed by atoms with E-state index in [1.165, 1.54) is 27.8 Å². The van der Waals surface area contributed by atoms with Crippen molar-refractivity contribution >= 4 is 34.9 Å². The van der Waals surface area contributed by atoms with Crippen molar-refractivity contribution in [3.63, 3.8) is 0 Å². The lowest BCUT2D eigenvalue weighted by molar-refractivity contribution is -0.119. The first-order valence-corrected chi connectivity index (χ1v) is 10.2. The number of aromatic nitrogens is 2. The number of hydrogen-bond donors (Lipinski definition) is 3. The van der Waals surface area contributed by atoms with Gasteiger partial charge in [-0.1, -0.05) is 17.7 Å². The summed E-state index contributed by atoms with van der Waals surface area (Å²) < 4.78 is 1.48. The lowest BCUT2D eigenvalue weighted by Crippen LogP contribution is -2.45. The number of pyridine rings is 2. The summed E-state index contributed by atoms with van der Waals surface area (Å²) in [5.41, 5.74) is 1.42. The molecule has 2 aromatic heterocycles. The fraction of sp³-hybridized carbons (Fsp3) is 0.182. The maximum Gasteiger partial charge on any atom is 0.322 e. The van der Waals surface area contributed by atoms with Gasteiger partial charge in [-0.05, 0) is 42.5 Å². The Labute approximate surface area is 188 Å². The van der Waals surface area contributed by atoms with E-state index in [0.717, 1.165) is 0 Å². The Kier molecular flexibility index (Phi) is 6.20. The maximum atomic E-state index is 12.9. The topological polar surface area (TPSA) is 117 Å². The normalized spacial score (nSPS) is 17.8. The molecule has 3 N–H and O–H groups in total. The first-order valence-electron chi connectivity index (χ1n) is 9.87. The van der Waals surface area contributed by atoms with Gasteiger partial charge in [0.05, 0.1) is 18.0 Å². The van der Waals surface area contributed by atoms with Crippen LogP contribution in [0.2, 0.25) is 5.15 Å². The van der Waals surface area contributed by atoms with E-state index >= 15 is 0 Å². The Balaban J connectivity index is 1.44. The number of carbonyl (C=O) groups is 2. The minimum absolute atomic E-state index is 0.0286. The number of rotatable bonds is 4. The van der Waals surface area contributed by atoms with Crippen molar-refractivity contribution in [1.29, 1.82) is 0 Å². The average molecular weight is 454 g/mol. The van der Waals surface area contributed by atoms with Crippen LogP contribution in [0.25, 0.3) is 5.69 Å². The van der Waals surface area contributed by atoms with E-state index in [9.17, 15) is 19.5 Å². The smallest absolute Gasteiger partial charge is 0.322 e. The highest BCUT2D eigenvalue weighted by Gasteiger charge is 2.39. The molecule has 0 bridgehead atoms. The van der Waals surface area contributed by atoms with Gasteiger partial charge in [0.2, 0.25) is 5.91 Å². The molecule has 1 saturated heterocycles. The van der Waals surface area contributed by atoms with E-state index in [4.69, 9.17) is 11.6 Å². The third-order valence-electron chi connectivity index (χ3n) is 5.06. The number of aliphatic hydroxyl groups is 1. The summed E-state index contributed by atoms with van der Waals surface area (Å²) in [6.07, 6.45) is 2.37. The first kappa shape index (κ1) is 21.5. The number of nitrogens with zero attached hydrogens (tertiary/aromatic N) is 3. The second kappa shape index (κ2) is 9.21. The number of urea groups is 1. The van der Waals surface area contributed by atoms with Crippen LogP contribution < -0.4 is 16.2 Å². The molecule has 32 heavy (non-hydrogen) atoms. The van der Waals surface area contributed by atoms with E-state index < -0.39 is 24.1 Å². The molecular formula is C22H20ClN5O4. The second-order valence-electron chi connectivity index (χ2n) is 7.30. The standard InChI is InChI=1S/C22H20ClN5O4/c23-19-9-6-15(12-24-19)26-22(32)28-13-17(29)11-18(28)21(31)25-14-4-7-16(8-5-14)27-10-2-1-3-20(27)30/h1-10,12,17-18,29H,11,13H2,(H,25,31)(H,26,32)/t17-,18-/m1/s1. The SMILES string of the molecule is O=C(Nc1ccc(-n2ccccc2=O)cc1)[C@H]1C[C@@H](O)CN1C(=O)Nc1ccc(Cl)nc1. The molecule has 3 aromatic rings. The minimum Gasteiger partial charge on any atom is -0.391 e. The van der Waals surface area contributed by atoms with Gasteiger partial charge in [0.25, 0.3) is 5.56 Å². The number of hydrogen-bond acceptors (Lipinski definition) is 5. The molecule has 1 fully saturated rings. The predicted molar refractivity (Wildman–Crippen MR) is 120 cm³/mol. The van der Waals surface area contributed by atoms with Crippen molar-refractivity contribution in [2.75, 3.05) is 17.2 Å². The molecule has 3 amide bonds. The number of benzene rings is 1. The van der Waals surface area contributed by atoms with E-state index in [-0.39, 0.29) is 18.5 Å². The summed E-state index contributed by atoms with van der Waals surface area (Å²) in [5.74, 6) is -0.421. The number of likely N-dealkylation sites (tertiary alicyclic amines) is 1. The van der Waals surface area contributed by atoms with Gasteiger partial charge >= 0.3 is 6.03 Å². The maximum absolute atomic E-state index is 12.9. The van der Waals surface area contributed by atoms with Crippen LogP contribution in [-0.4, -0.2) is 50.2 Å². The van der Waals surface area contributed by atoms with Crippen molar-refractivity contribution in [1.82, 2.24) is 14.5 Å². The number of amides is 3. The van der Waals surface area contributed by atoms with Crippen molar-refractivity contribution < 1.29 is 14.7 Å². The Morgan fingerprint density at radius 1 is 1.03 bits per heavy atom. The van der Waals surface area contributed by atoms with E-state index in [0.29, 0.717) is 22.2 Å². The van der Waals surface area contributed by atoms with Crippen molar-refractivity contribution in [2.45, 2.75) is 18.6 Å². The monoisotopic (exact) mass is 453 g/mol. The predicted octanol–water partition coefficient (Wildman–Crippen LogP) is 2.49. The third-order valence-corrected chi connectivity index (χ3v) is 5.28. The molecule has 4 rings (SSSR count). The summed E-state index contributed by atoms with van der Waals surface area (Å²) >= 11 is 5.75. The molecule has 0 unspecified atom stereocenters. The number of anilines is 2.